The van der Waals surface area contributed by atoms with Crippen molar-refractivity contribution in [3.63, 3.8) is 0 Å². The van der Waals surface area contributed by atoms with Crippen molar-refractivity contribution in [2.24, 2.45) is 5.41 Å². The molecular formula is C13H20N2OS. The first-order chi connectivity index (χ1) is 8.26. The molecule has 94 valence electrons. The van der Waals surface area contributed by atoms with Gasteiger partial charge in [-0.3, -0.25) is 4.90 Å². The van der Waals surface area contributed by atoms with E-state index in [4.69, 9.17) is 4.74 Å². The van der Waals surface area contributed by atoms with E-state index in [9.17, 15) is 0 Å². The van der Waals surface area contributed by atoms with Gasteiger partial charge in [0, 0.05) is 30.5 Å². The number of hydrogen-bond acceptors (Lipinski definition) is 4. The largest absolute Gasteiger partial charge is 0.381 e. The fraction of sp³-hybridized carbons (Fsp3) is 0.769. The van der Waals surface area contributed by atoms with Crippen LogP contribution in [0.2, 0.25) is 0 Å². The highest BCUT2D eigenvalue weighted by atomic mass is 32.1. The third-order valence-electron chi connectivity index (χ3n) is 3.97. The van der Waals surface area contributed by atoms with Gasteiger partial charge in [-0.05, 0) is 32.7 Å². The van der Waals surface area contributed by atoms with Gasteiger partial charge in [-0.15, -0.1) is 11.3 Å². The highest BCUT2D eigenvalue weighted by molar-refractivity contribution is 7.09. The van der Waals surface area contributed by atoms with E-state index in [2.05, 4.69) is 22.2 Å². The molecule has 0 radical (unpaired) electrons. The molecule has 1 aromatic heterocycles. The van der Waals surface area contributed by atoms with Crippen molar-refractivity contribution in [3.05, 3.63) is 16.1 Å². The van der Waals surface area contributed by atoms with E-state index in [1.807, 2.05) is 0 Å². The van der Waals surface area contributed by atoms with Crippen LogP contribution in [0.25, 0.3) is 0 Å². The fourth-order valence-electron chi connectivity index (χ4n) is 3.10. The summed E-state index contributed by atoms with van der Waals surface area (Å²) in [4.78, 5) is 7.10. The van der Waals surface area contributed by atoms with Crippen molar-refractivity contribution in [3.8, 4) is 0 Å². The second kappa shape index (κ2) is 4.67. The van der Waals surface area contributed by atoms with Gasteiger partial charge in [0.25, 0.3) is 0 Å². The minimum atomic E-state index is 0.462. The van der Waals surface area contributed by atoms with Crippen molar-refractivity contribution in [1.82, 2.24) is 9.88 Å². The van der Waals surface area contributed by atoms with Gasteiger partial charge < -0.3 is 4.74 Å². The summed E-state index contributed by atoms with van der Waals surface area (Å²) in [5.41, 5.74) is 1.70. The lowest BCUT2D eigenvalue weighted by molar-refractivity contribution is -0.00252. The monoisotopic (exact) mass is 252 g/mol. The number of aromatic nitrogens is 1. The highest BCUT2D eigenvalue weighted by Crippen LogP contribution is 2.38. The summed E-state index contributed by atoms with van der Waals surface area (Å²) in [5, 5.41) is 3.37. The molecule has 3 nitrogen and oxygen atoms in total. The summed E-state index contributed by atoms with van der Waals surface area (Å²) < 4.78 is 5.67. The third-order valence-corrected chi connectivity index (χ3v) is 4.80. The van der Waals surface area contributed by atoms with Gasteiger partial charge in [0.2, 0.25) is 0 Å². The van der Waals surface area contributed by atoms with Crippen molar-refractivity contribution in [2.45, 2.75) is 32.7 Å². The summed E-state index contributed by atoms with van der Waals surface area (Å²) >= 11 is 1.75. The Labute approximate surface area is 107 Å². The topological polar surface area (TPSA) is 25.4 Å². The Morgan fingerprint density at radius 2 is 2.47 bits per heavy atom. The van der Waals surface area contributed by atoms with E-state index < -0.39 is 0 Å². The van der Waals surface area contributed by atoms with E-state index in [0.29, 0.717) is 5.41 Å². The molecule has 0 saturated carbocycles. The molecule has 17 heavy (non-hydrogen) atoms. The Bertz CT molecular complexity index is 385. The van der Waals surface area contributed by atoms with Crippen molar-refractivity contribution < 1.29 is 4.74 Å². The molecule has 1 atom stereocenters. The predicted octanol–water partition coefficient (Wildman–Crippen LogP) is 2.45. The molecule has 1 aromatic rings. The Balaban J connectivity index is 1.60. The summed E-state index contributed by atoms with van der Waals surface area (Å²) in [6.45, 7) is 7.44. The first-order valence-electron chi connectivity index (χ1n) is 6.47. The van der Waals surface area contributed by atoms with E-state index in [0.717, 1.165) is 19.8 Å². The smallest absolute Gasteiger partial charge is 0.0897 e. The van der Waals surface area contributed by atoms with Crippen molar-refractivity contribution >= 4 is 11.3 Å². The van der Waals surface area contributed by atoms with Gasteiger partial charge in [-0.2, -0.15) is 0 Å². The van der Waals surface area contributed by atoms with E-state index >= 15 is 0 Å². The lowest BCUT2D eigenvalue weighted by atomic mass is 9.82. The quantitative estimate of drug-likeness (QED) is 0.808. The zero-order chi connectivity index (χ0) is 11.7. The van der Waals surface area contributed by atoms with Crippen molar-refractivity contribution in [2.75, 3.05) is 26.3 Å². The molecule has 3 heterocycles. The van der Waals surface area contributed by atoms with Crippen LogP contribution in [0.4, 0.5) is 0 Å². The average molecular weight is 252 g/mol. The van der Waals surface area contributed by atoms with Crippen LogP contribution in [0.15, 0.2) is 5.38 Å². The van der Waals surface area contributed by atoms with E-state index in [-0.39, 0.29) is 0 Å². The molecule has 0 N–H and O–H groups in total. The number of ether oxygens (including phenoxy) is 1. The molecule has 2 saturated heterocycles. The molecule has 2 fully saturated rings. The molecule has 2 aliphatic heterocycles. The molecule has 2 aliphatic rings. The number of nitrogens with zero attached hydrogens (tertiary/aromatic N) is 2. The Hall–Kier alpha value is -0.450. The second-order valence-corrected chi connectivity index (χ2v) is 6.54. The predicted molar refractivity (Wildman–Crippen MR) is 69.2 cm³/mol. The zero-order valence-electron chi connectivity index (χ0n) is 10.4. The molecule has 0 amide bonds. The Morgan fingerprint density at radius 1 is 1.53 bits per heavy atom. The van der Waals surface area contributed by atoms with Crippen LogP contribution in [0.3, 0.4) is 0 Å². The molecule has 0 aliphatic carbocycles. The third kappa shape index (κ3) is 2.54. The van der Waals surface area contributed by atoms with Crippen LogP contribution in [-0.2, 0) is 11.3 Å². The van der Waals surface area contributed by atoms with Crippen LogP contribution < -0.4 is 0 Å². The number of aryl methyl sites for hydroxylation is 1. The maximum absolute atomic E-state index is 5.67. The molecule has 4 heteroatoms. The number of hydrogen-bond donors (Lipinski definition) is 0. The molecule has 1 spiro atoms. The number of likely N-dealkylation sites (tertiary alicyclic amines) is 1. The summed E-state index contributed by atoms with van der Waals surface area (Å²) in [6, 6.07) is 0. The zero-order valence-corrected chi connectivity index (χ0v) is 11.3. The molecule has 1 unspecified atom stereocenters. The first-order valence-corrected chi connectivity index (χ1v) is 7.35. The van der Waals surface area contributed by atoms with E-state index in [1.165, 1.54) is 43.1 Å². The van der Waals surface area contributed by atoms with Crippen LogP contribution >= 0.6 is 11.3 Å². The highest BCUT2D eigenvalue weighted by Gasteiger charge is 2.39. The normalized spacial score (nSPS) is 30.2. The number of rotatable bonds is 2. The van der Waals surface area contributed by atoms with E-state index in [1.54, 1.807) is 11.3 Å². The maximum Gasteiger partial charge on any atom is 0.0897 e. The molecule has 0 bridgehead atoms. The minimum absolute atomic E-state index is 0.462. The summed E-state index contributed by atoms with van der Waals surface area (Å²) in [5.74, 6) is 0. The SMILES string of the molecule is Cc1nc(CN2CCC3(CCCOC3)C2)cs1. The molecule has 0 aromatic carbocycles. The molecular weight excluding hydrogens is 232 g/mol. The van der Waals surface area contributed by atoms with Gasteiger partial charge in [0.15, 0.2) is 0 Å². The van der Waals surface area contributed by atoms with Gasteiger partial charge in [-0.1, -0.05) is 0 Å². The van der Waals surface area contributed by atoms with Gasteiger partial charge in [0.05, 0.1) is 17.3 Å². The Morgan fingerprint density at radius 3 is 3.18 bits per heavy atom. The average Bonchev–Trinajstić information content (AvgIpc) is 2.89. The molecule has 3 rings (SSSR count). The standard InChI is InChI=1S/C13H20N2OS/c1-11-14-12(8-17-11)7-15-5-4-13(9-15)3-2-6-16-10-13/h8H,2-7,9-10H2,1H3. The lowest BCUT2D eigenvalue weighted by Gasteiger charge is -2.33. The van der Waals surface area contributed by atoms with Gasteiger partial charge in [-0.25, -0.2) is 4.98 Å². The van der Waals surface area contributed by atoms with Crippen LogP contribution in [-0.4, -0.2) is 36.2 Å². The van der Waals surface area contributed by atoms with Crippen molar-refractivity contribution in [1.29, 1.82) is 0 Å². The lowest BCUT2D eigenvalue weighted by Crippen LogP contribution is -2.34. The van der Waals surface area contributed by atoms with Crippen LogP contribution in [0, 0.1) is 12.3 Å². The summed E-state index contributed by atoms with van der Waals surface area (Å²) in [7, 11) is 0. The second-order valence-electron chi connectivity index (χ2n) is 5.47. The van der Waals surface area contributed by atoms with Gasteiger partial charge >= 0.3 is 0 Å². The Kier molecular flexibility index (Phi) is 3.19. The summed E-state index contributed by atoms with van der Waals surface area (Å²) in [6.07, 6.45) is 3.89. The van der Waals surface area contributed by atoms with Crippen LogP contribution in [0.5, 0.6) is 0 Å². The number of thiazole rings is 1. The fourth-order valence-corrected chi connectivity index (χ4v) is 3.71. The van der Waals surface area contributed by atoms with Gasteiger partial charge in [0.1, 0.15) is 0 Å². The van der Waals surface area contributed by atoms with Crippen LogP contribution in [0.1, 0.15) is 30.0 Å². The minimum Gasteiger partial charge on any atom is -0.381 e. The maximum atomic E-state index is 5.67. The first kappa shape index (κ1) is 11.6.